The summed E-state index contributed by atoms with van der Waals surface area (Å²) in [6.07, 6.45) is 0. The fraction of sp³-hybridized carbons (Fsp3) is 0.400. The van der Waals surface area contributed by atoms with E-state index >= 15 is 0 Å². The van der Waals surface area contributed by atoms with Gasteiger partial charge in [-0.1, -0.05) is 6.07 Å². The molecule has 0 bridgehead atoms. The summed E-state index contributed by atoms with van der Waals surface area (Å²) in [5.41, 5.74) is 5.27. The highest BCUT2D eigenvalue weighted by Crippen LogP contribution is 2.35. The molecule has 0 saturated heterocycles. The number of halogens is 1. The fourth-order valence-electron chi connectivity index (χ4n) is 1.53. The molecule has 1 aromatic rings. The monoisotopic (exact) mass is 294 g/mol. The molecule has 1 aromatic carbocycles. The molecule has 1 aliphatic rings. The highest BCUT2D eigenvalue weighted by molar-refractivity contribution is 7.89. The summed E-state index contributed by atoms with van der Waals surface area (Å²) in [5, 5.41) is 0. The van der Waals surface area contributed by atoms with Crippen molar-refractivity contribution in [2.75, 3.05) is 26.3 Å². The van der Waals surface area contributed by atoms with E-state index in [1.165, 1.54) is 6.07 Å². The van der Waals surface area contributed by atoms with Crippen molar-refractivity contribution in [3.63, 3.8) is 0 Å². The van der Waals surface area contributed by atoms with E-state index in [4.69, 9.17) is 15.2 Å². The molecule has 6 nitrogen and oxygen atoms in total. The van der Waals surface area contributed by atoms with E-state index in [1.54, 1.807) is 12.1 Å². The van der Waals surface area contributed by atoms with Gasteiger partial charge in [-0.3, -0.25) is 0 Å². The molecule has 102 valence electrons. The van der Waals surface area contributed by atoms with Gasteiger partial charge < -0.3 is 15.2 Å². The van der Waals surface area contributed by atoms with Crippen LogP contribution in [0.2, 0.25) is 0 Å². The Bertz CT molecular complexity index is 507. The lowest BCUT2D eigenvalue weighted by Crippen LogP contribution is -2.30. The Morgan fingerprint density at radius 2 is 2.00 bits per heavy atom. The predicted molar refractivity (Wildman–Crippen MR) is 68.9 cm³/mol. The first-order valence-electron chi connectivity index (χ1n) is 5.23. The zero-order valence-electron chi connectivity index (χ0n) is 9.59. The molecule has 0 fully saturated rings. The maximum absolute atomic E-state index is 12.0. The quantitative estimate of drug-likeness (QED) is 0.823. The fourth-order valence-corrected chi connectivity index (χ4v) is 2.73. The first kappa shape index (κ1) is 15.0. The second kappa shape index (κ2) is 6.24. The van der Waals surface area contributed by atoms with Gasteiger partial charge in [-0.05, 0) is 12.1 Å². The molecule has 0 spiro atoms. The van der Waals surface area contributed by atoms with Crippen LogP contribution in [0, 0.1) is 0 Å². The Kier molecular flexibility index (Phi) is 5.21. The van der Waals surface area contributed by atoms with Gasteiger partial charge in [-0.15, -0.1) is 12.4 Å². The summed E-state index contributed by atoms with van der Waals surface area (Å²) in [6.45, 7) is 1.20. The topological polar surface area (TPSA) is 90.7 Å². The van der Waals surface area contributed by atoms with Crippen molar-refractivity contribution in [3.8, 4) is 11.5 Å². The lowest BCUT2D eigenvalue weighted by molar-refractivity contribution is 0.167. The molecule has 0 radical (unpaired) electrons. The molecule has 1 heterocycles. The van der Waals surface area contributed by atoms with Gasteiger partial charge in [0.15, 0.2) is 11.5 Å². The third-order valence-electron chi connectivity index (χ3n) is 2.26. The van der Waals surface area contributed by atoms with E-state index in [1.807, 2.05) is 0 Å². The van der Waals surface area contributed by atoms with E-state index in [0.29, 0.717) is 19.0 Å². The Hall–Kier alpha value is -1.02. The van der Waals surface area contributed by atoms with E-state index in [0.717, 1.165) is 0 Å². The van der Waals surface area contributed by atoms with Gasteiger partial charge in [0.2, 0.25) is 10.0 Å². The van der Waals surface area contributed by atoms with Crippen LogP contribution in [0.3, 0.4) is 0 Å². The number of sulfonamides is 1. The summed E-state index contributed by atoms with van der Waals surface area (Å²) < 4.78 is 37.0. The second-order valence-corrected chi connectivity index (χ2v) is 5.20. The van der Waals surface area contributed by atoms with Gasteiger partial charge in [0.25, 0.3) is 0 Å². The maximum Gasteiger partial charge on any atom is 0.244 e. The van der Waals surface area contributed by atoms with Crippen LogP contribution in [0.5, 0.6) is 11.5 Å². The number of nitrogens with one attached hydrogen (secondary N) is 1. The van der Waals surface area contributed by atoms with Crippen molar-refractivity contribution >= 4 is 22.4 Å². The van der Waals surface area contributed by atoms with Gasteiger partial charge in [0.05, 0.1) is 0 Å². The van der Waals surface area contributed by atoms with E-state index in [9.17, 15) is 8.42 Å². The van der Waals surface area contributed by atoms with Crippen LogP contribution in [0.1, 0.15) is 0 Å². The summed E-state index contributed by atoms with van der Waals surface area (Å²) in [7, 11) is -3.60. The molecule has 0 atom stereocenters. The largest absolute Gasteiger partial charge is 0.486 e. The van der Waals surface area contributed by atoms with Crippen LogP contribution in [0.4, 0.5) is 0 Å². The highest BCUT2D eigenvalue weighted by Gasteiger charge is 2.24. The number of para-hydroxylation sites is 1. The molecular weight excluding hydrogens is 280 g/mol. The first-order chi connectivity index (χ1) is 8.15. The number of benzene rings is 1. The molecule has 0 amide bonds. The molecule has 0 aromatic heterocycles. The van der Waals surface area contributed by atoms with Gasteiger partial charge in [0, 0.05) is 13.1 Å². The Morgan fingerprint density at radius 1 is 1.28 bits per heavy atom. The molecule has 18 heavy (non-hydrogen) atoms. The van der Waals surface area contributed by atoms with Crippen molar-refractivity contribution in [2.24, 2.45) is 5.73 Å². The first-order valence-corrected chi connectivity index (χ1v) is 6.72. The molecular formula is C10H15ClN2O4S. The Morgan fingerprint density at radius 3 is 2.72 bits per heavy atom. The van der Waals surface area contributed by atoms with Crippen LogP contribution < -0.4 is 19.9 Å². The number of ether oxygens (including phenoxy) is 2. The molecule has 8 heteroatoms. The standard InChI is InChI=1S/C10H14N2O4S.ClH/c11-4-5-12-17(13,14)9-3-1-2-8-10(9)16-7-6-15-8;/h1-3,12H,4-7,11H2;1H. The minimum atomic E-state index is -3.60. The molecule has 0 saturated carbocycles. The normalized spacial score (nSPS) is 13.8. The van der Waals surface area contributed by atoms with Crippen LogP contribution in [0.25, 0.3) is 0 Å². The molecule has 1 aliphatic heterocycles. The van der Waals surface area contributed by atoms with Crippen molar-refractivity contribution in [2.45, 2.75) is 4.90 Å². The second-order valence-electron chi connectivity index (χ2n) is 3.47. The average Bonchev–Trinajstić information content (AvgIpc) is 2.36. The van der Waals surface area contributed by atoms with Crippen LogP contribution >= 0.6 is 12.4 Å². The van der Waals surface area contributed by atoms with Gasteiger partial charge in [-0.2, -0.15) is 0 Å². The Balaban J connectivity index is 0.00000162. The van der Waals surface area contributed by atoms with Crippen molar-refractivity contribution in [1.82, 2.24) is 4.72 Å². The van der Waals surface area contributed by atoms with Crippen LogP contribution in [-0.2, 0) is 10.0 Å². The van der Waals surface area contributed by atoms with Crippen LogP contribution in [0.15, 0.2) is 23.1 Å². The average molecular weight is 295 g/mol. The zero-order chi connectivity index (χ0) is 12.3. The third kappa shape index (κ3) is 3.05. The van der Waals surface area contributed by atoms with Crippen LogP contribution in [-0.4, -0.2) is 34.7 Å². The highest BCUT2D eigenvalue weighted by atomic mass is 35.5. The summed E-state index contributed by atoms with van der Waals surface area (Å²) in [6, 6.07) is 4.77. The van der Waals surface area contributed by atoms with Gasteiger partial charge >= 0.3 is 0 Å². The van der Waals surface area contributed by atoms with Crippen molar-refractivity contribution in [3.05, 3.63) is 18.2 Å². The summed E-state index contributed by atoms with van der Waals surface area (Å²) in [5.74, 6) is 0.718. The molecule has 0 unspecified atom stereocenters. The lowest BCUT2D eigenvalue weighted by Gasteiger charge is -2.20. The molecule has 3 N–H and O–H groups in total. The smallest absolute Gasteiger partial charge is 0.244 e. The number of hydrogen-bond donors (Lipinski definition) is 2. The van der Waals surface area contributed by atoms with Gasteiger partial charge in [0.1, 0.15) is 18.1 Å². The Labute approximate surface area is 112 Å². The number of hydrogen-bond acceptors (Lipinski definition) is 5. The van der Waals surface area contributed by atoms with E-state index in [-0.39, 0.29) is 36.1 Å². The number of fused-ring (bicyclic) bond motifs is 1. The zero-order valence-corrected chi connectivity index (χ0v) is 11.2. The van der Waals surface area contributed by atoms with E-state index < -0.39 is 10.0 Å². The SMILES string of the molecule is Cl.NCCNS(=O)(=O)c1cccc2c1OCCO2. The molecule has 0 aliphatic carbocycles. The summed E-state index contributed by atoms with van der Waals surface area (Å²) >= 11 is 0. The van der Waals surface area contributed by atoms with E-state index in [2.05, 4.69) is 4.72 Å². The van der Waals surface area contributed by atoms with Gasteiger partial charge in [-0.25, -0.2) is 13.1 Å². The maximum atomic E-state index is 12.0. The number of nitrogens with two attached hydrogens (primary N) is 1. The van der Waals surface area contributed by atoms with Crippen molar-refractivity contribution in [1.29, 1.82) is 0 Å². The molecule has 2 rings (SSSR count). The minimum Gasteiger partial charge on any atom is -0.486 e. The lowest BCUT2D eigenvalue weighted by atomic mass is 10.3. The summed E-state index contributed by atoms with van der Waals surface area (Å²) in [4.78, 5) is 0.0863. The minimum absolute atomic E-state index is 0. The van der Waals surface area contributed by atoms with Crippen molar-refractivity contribution < 1.29 is 17.9 Å². The number of rotatable bonds is 4. The third-order valence-corrected chi connectivity index (χ3v) is 3.74. The predicted octanol–water partition coefficient (Wildman–Crippen LogP) is 0.117.